The highest BCUT2D eigenvalue weighted by atomic mass is 16.3. The molecule has 1 saturated heterocycles. The average Bonchev–Trinajstić information content (AvgIpc) is 2.99. The molecule has 0 radical (unpaired) electrons. The van der Waals surface area contributed by atoms with Crippen LogP contribution in [-0.4, -0.2) is 37.3 Å². The van der Waals surface area contributed by atoms with Crippen LogP contribution < -0.4 is 15.5 Å². The number of hydrogen-bond acceptors (Lipinski definition) is 4. The van der Waals surface area contributed by atoms with Gasteiger partial charge in [0.15, 0.2) is 0 Å². The summed E-state index contributed by atoms with van der Waals surface area (Å²) in [6, 6.07) is 5.59. The molecule has 2 unspecified atom stereocenters. The van der Waals surface area contributed by atoms with Crippen molar-refractivity contribution in [3.05, 3.63) is 23.8 Å². The number of aliphatic hydroxyl groups is 1. The van der Waals surface area contributed by atoms with E-state index in [1.165, 1.54) is 0 Å². The fourth-order valence-corrected chi connectivity index (χ4v) is 3.09. The van der Waals surface area contributed by atoms with Crippen LogP contribution in [-0.2, 0) is 4.79 Å². The third kappa shape index (κ3) is 1.81. The molecule has 102 valence electrons. The van der Waals surface area contributed by atoms with E-state index in [0.717, 1.165) is 36.3 Å². The van der Waals surface area contributed by atoms with Crippen LogP contribution in [0.1, 0.15) is 24.4 Å². The monoisotopic (exact) mass is 261 g/mol. The van der Waals surface area contributed by atoms with Gasteiger partial charge in [-0.2, -0.15) is 0 Å². The van der Waals surface area contributed by atoms with Crippen LogP contribution in [0, 0.1) is 0 Å². The highest BCUT2D eigenvalue weighted by Crippen LogP contribution is 2.37. The van der Waals surface area contributed by atoms with Gasteiger partial charge in [-0.15, -0.1) is 0 Å². The van der Waals surface area contributed by atoms with E-state index in [9.17, 15) is 9.90 Å². The van der Waals surface area contributed by atoms with E-state index in [4.69, 9.17) is 5.73 Å². The van der Waals surface area contributed by atoms with Crippen molar-refractivity contribution in [2.24, 2.45) is 5.73 Å². The van der Waals surface area contributed by atoms with Gasteiger partial charge in [0.05, 0.1) is 18.3 Å². The van der Waals surface area contributed by atoms with E-state index >= 15 is 0 Å². The van der Waals surface area contributed by atoms with Gasteiger partial charge in [-0.25, -0.2) is 0 Å². The predicted molar refractivity (Wildman–Crippen MR) is 74.2 cm³/mol. The van der Waals surface area contributed by atoms with Gasteiger partial charge in [0.2, 0.25) is 5.91 Å². The number of amides is 1. The molecule has 2 heterocycles. The standard InChI is InChI=1S/C14H19N3O2/c1-16-12-7-9(17-6-2-3-10(17)8-18)4-5-11(12)13(15)14(16)19/h4-5,7,10,13,18H,2-3,6,8,15H2,1H3. The summed E-state index contributed by atoms with van der Waals surface area (Å²) < 4.78 is 0. The summed E-state index contributed by atoms with van der Waals surface area (Å²) in [5.74, 6) is -0.0627. The molecule has 19 heavy (non-hydrogen) atoms. The lowest BCUT2D eigenvalue weighted by atomic mass is 10.1. The van der Waals surface area contributed by atoms with E-state index in [1.54, 1.807) is 11.9 Å². The number of hydrogen-bond donors (Lipinski definition) is 2. The van der Waals surface area contributed by atoms with Crippen molar-refractivity contribution in [2.75, 3.05) is 30.0 Å². The summed E-state index contributed by atoms with van der Waals surface area (Å²) in [4.78, 5) is 15.7. The first kappa shape index (κ1) is 12.4. The first-order valence-electron chi connectivity index (χ1n) is 6.68. The van der Waals surface area contributed by atoms with Crippen LogP contribution in [0.4, 0.5) is 11.4 Å². The Morgan fingerprint density at radius 2 is 2.26 bits per heavy atom. The van der Waals surface area contributed by atoms with Gasteiger partial charge in [-0.3, -0.25) is 4.79 Å². The van der Waals surface area contributed by atoms with Crippen molar-refractivity contribution in [1.29, 1.82) is 0 Å². The van der Waals surface area contributed by atoms with E-state index in [0.29, 0.717) is 0 Å². The Labute approximate surface area is 112 Å². The van der Waals surface area contributed by atoms with Crippen LogP contribution in [0.3, 0.4) is 0 Å². The lowest BCUT2D eigenvalue weighted by Gasteiger charge is -2.26. The minimum absolute atomic E-state index is 0.0627. The second-order valence-corrected chi connectivity index (χ2v) is 5.29. The summed E-state index contributed by atoms with van der Waals surface area (Å²) in [7, 11) is 1.76. The van der Waals surface area contributed by atoms with E-state index in [2.05, 4.69) is 4.90 Å². The second kappa shape index (κ2) is 4.51. The quantitative estimate of drug-likeness (QED) is 0.819. The number of nitrogens with zero attached hydrogens (tertiary/aromatic N) is 2. The molecule has 2 aliphatic heterocycles. The Kier molecular flexibility index (Phi) is 2.95. The summed E-state index contributed by atoms with van der Waals surface area (Å²) in [5, 5.41) is 9.40. The topological polar surface area (TPSA) is 69.8 Å². The molecule has 2 atom stereocenters. The zero-order chi connectivity index (χ0) is 13.6. The van der Waals surface area contributed by atoms with Crippen LogP contribution in [0.5, 0.6) is 0 Å². The van der Waals surface area contributed by atoms with Crippen molar-refractivity contribution < 1.29 is 9.90 Å². The second-order valence-electron chi connectivity index (χ2n) is 5.29. The third-order valence-corrected chi connectivity index (χ3v) is 4.23. The zero-order valence-corrected chi connectivity index (χ0v) is 11.0. The first-order valence-corrected chi connectivity index (χ1v) is 6.68. The molecule has 5 nitrogen and oxygen atoms in total. The van der Waals surface area contributed by atoms with Gasteiger partial charge in [0, 0.05) is 24.8 Å². The largest absolute Gasteiger partial charge is 0.394 e. The summed E-state index contributed by atoms with van der Waals surface area (Å²) in [5.41, 5.74) is 8.72. The zero-order valence-electron chi connectivity index (χ0n) is 11.0. The Hall–Kier alpha value is -1.59. The molecule has 0 spiro atoms. The summed E-state index contributed by atoms with van der Waals surface area (Å²) in [6.45, 7) is 1.12. The van der Waals surface area contributed by atoms with E-state index in [1.807, 2.05) is 18.2 Å². The van der Waals surface area contributed by atoms with Crippen LogP contribution in [0.25, 0.3) is 0 Å². The van der Waals surface area contributed by atoms with E-state index in [-0.39, 0.29) is 18.6 Å². The van der Waals surface area contributed by atoms with Crippen molar-refractivity contribution in [3.63, 3.8) is 0 Å². The number of likely N-dealkylation sites (N-methyl/N-ethyl adjacent to an activating group) is 1. The molecule has 5 heteroatoms. The minimum atomic E-state index is -0.540. The normalized spacial score (nSPS) is 26.2. The molecular weight excluding hydrogens is 242 g/mol. The molecule has 0 saturated carbocycles. The molecule has 1 aromatic carbocycles. The van der Waals surface area contributed by atoms with Crippen molar-refractivity contribution >= 4 is 17.3 Å². The molecule has 1 aromatic rings. The van der Waals surface area contributed by atoms with Crippen molar-refractivity contribution in [1.82, 2.24) is 0 Å². The highest BCUT2D eigenvalue weighted by molar-refractivity contribution is 6.04. The van der Waals surface area contributed by atoms with Crippen molar-refractivity contribution in [2.45, 2.75) is 24.9 Å². The number of nitrogens with two attached hydrogens (primary N) is 1. The van der Waals surface area contributed by atoms with E-state index < -0.39 is 6.04 Å². The number of rotatable bonds is 2. The molecule has 0 aliphatic carbocycles. The Morgan fingerprint density at radius 3 is 3.00 bits per heavy atom. The molecule has 3 rings (SSSR count). The Balaban J connectivity index is 1.97. The fraction of sp³-hybridized carbons (Fsp3) is 0.500. The van der Waals surface area contributed by atoms with Crippen LogP contribution in [0.2, 0.25) is 0 Å². The molecule has 1 fully saturated rings. The van der Waals surface area contributed by atoms with Gasteiger partial charge in [-0.05, 0) is 25.0 Å². The number of anilines is 2. The highest BCUT2D eigenvalue weighted by Gasteiger charge is 2.33. The average molecular weight is 261 g/mol. The molecule has 0 aromatic heterocycles. The van der Waals surface area contributed by atoms with Crippen molar-refractivity contribution in [3.8, 4) is 0 Å². The molecule has 2 aliphatic rings. The lowest BCUT2D eigenvalue weighted by Crippen LogP contribution is -2.32. The number of aliphatic hydroxyl groups excluding tert-OH is 1. The van der Waals surface area contributed by atoms with Gasteiger partial charge in [-0.1, -0.05) is 6.07 Å². The lowest BCUT2D eigenvalue weighted by molar-refractivity contribution is -0.118. The first-order chi connectivity index (χ1) is 9.13. The smallest absolute Gasteiger partial charge is 0.248 e. The van der Waals surface area contributed by atoms with Gasteiger partial charge < -0.3 is 20.6 Å². The summed E-state index contributed by atoms with van der Waals surface area (Å²) in [6.07, 6.45) is 2.11. The number of benzene rings is 1. The molecule has 1 amide bonds. The Morgan fingerprint density at radius 1 is 1.47 bits per heavy atom. The fourth-order valence-electron chi connectivity index (χ4n) is 3.09. The maximum Gasteiger partial charge on any atom is 0.248 e. The Bertz CT molecular complexity index is 517. The SMILES string of the molecule is CN1C(=O)C(N)c2ccc(N3CCCC3CO)cc21. The third-order valence-electron chi connectivity index (χ3n) is 4.23. The number of carbonyl (C=O) groups excluding carboxylic acids is 1. The number of carbonyl (C=O) groups is 1. The predicted octanol–water partition coefficient (Wildman–Crippen LogP) is 0.624. The summed E-state index contributed by atoms with van der Waals surface area (Å²) >= 11 is 0. The van der Waals surface area contributed by atoms with Gasteiger partial charge >= 0.3 is 0 Å². The maximum absolute atomic E-state index is 11.9. The number of fused-ring (bicyclic) bond motifs is 1. The molecular formula is C14H19N3O2. The maximum atomic E-state index is 11.9. The molecule has 3 N–H and O–H groups in total. The van der Waals surface area contributed by atoms with Crippen LogP contribution in [0.15, 0.2) is 18.2 Å². The minimum Gasteiger partial charge on any atom is -0.394 e. The van der Waals surface area contributed by atoms with Crippen LogP contribution >= 0.6 is 0 Å². The molecule has 0 bridgehead atoms. The van der Waals surface area contributed by atoms with Gasteiger partial charge in [0.1, 0.15) is 6.04 Å². The van der Waals surface area contributed by atoms with Gasteiger partial charge in [0.25, 0.3) is 0 Å².